The molecule has 1 aromatic heterocycles. The van der Waals surface area contributed by atoms with Crippen LogP contribution in [0.1, 0.15) is 15.9 Å². The lowest BCUT2D eigenvalue weighted by Gasteiger charge is -2.34. The molecule has 1 N–H and O–H groups in total. The fraction of sp³-hybridized carbons (Fsp3) is 0.316. The number of nitrogens with one attached hydrogen (secondary N) is 1. The van der Waals surface area contributed by atoms with Gasteiger partial charge in [-0.05, 0) is 29.8 Å². The first-order chi connectivity index (χ1) is 12.7. The number of carbonyl (C=O) groups is 2. The van der Waals surface area contributed by atoms with Crippen LogP contribution in [0, 0.1) is 0 Å². The van der Waals surface area contributed by atoms with E-state index in [9.17, 15) is 9.59 Å². The summed E-state index contributed by atoms with van der Waals surface area (Å²) in [6, 6.07) is 10.6. The van der Waals surface area contributed by atoms with Crippen molar-refractivity contribution in [3.05, 3.63) is 59.9 Å². The second kappa shape index (κ2) is 8.44. The zero-order valence-corrected chi connectivity index (χ0v) is 14.7. The molecule has 2 amide bonds. The van der Waals surface area contributed by atoms with Crippen LogP contribution in [0.25, 0.3) is 0 Å². The SMILES string of the molecule is COC(=O)c1ccccc1NC(=O)N1CCN(Cc2ccncc2)CC1. The van der Waals surface area contributed by atoms with E-state index in [2.05, 4.69) is 15.2 Å². The second-order valence-electron chi connectivity index (χ2n) is 6.09. The summed E-state index contributed by atoms with van der Waals surface area (Å²) in [7, 11) is 1.32. The van der Waals surface area contributed by atoms with Gasteiger partial charge in [-0.25, -0.2) is 9.59 Å². The van der Waals surface area contributed by atoms with Crippen molar-refractivity contribution >= 4 is 17.7 Å². The van der Waals surface area contributed by atoms with Crippen molar-refractivity contribution < 1.29 is 14.3 Å². The zero-order chi connectivity index (χ0) is 18.4. The van der Waals surface area contributed by atoms with Crippen LogP contribution in [-0.4, -0.2) is 60.1 Å². The molecule has 1 saturated heterocycles. The lowest BCUT2D eigenvalue weighted by Crippen LogP contribution is -2.49. The summed E-state index contributed by atoms with van der Waals surface area (Å²) in [5.74, 6) is -0.469. The molecule has 3 rings (SSSR count). The van der Waals surface area contributed by atoms with Crippen molar-refractivity contribution in [2.45, 2.75) is 6.54 Å². The van der Waals surface area contributed by atoms with E-state index in [-0.39, 0.29) is 6.03 Å². The Morgan fingerprint density at radius 1 is 1.08 bits per heavy atom. The van der Waals surface area contributed by atoms with Crippen LogP contribution in [0.15, 0.2) is 48.8 Å². The first-order valence-corrected chi connectivity index (χ1v) is 8.52. The van der Waals surface area contributed by atoms with Crippen molar-refractivity contribution in [1.29, 1.82) is 0 Å². The monoisotopic (exact) mass is 354 g/mol. The fourth-order valence-electron chi connectivity index (χ4n) is 2.93. The third-order valence-corrected chi connectivity index (χ3v) is 4.39. The third-order valence-electron chi connectivity index (χ3n) is 4.39. The highest BCUT2D eigenvalue weighted by Gasteiger charge is 2.22. The standard InChI is InChI=1S/C19H22N4O3/c1-26-18(24)16-4-2-3-5-17(16)21-19(25)23-12-10-22(11-13-23)14-15-6-8-20-9-7-15/h2-9H,10-14H2,1H3,(H,21,25). The Labute approximate surface area is 152 Å². The second-order valence-corrected chi connectivity index (χ2v) is 6.09. The van der Waals surface area contributed by atoms with Gasteiger partial charge in [-0.2, -0.15) is 0 Å². The fourth-order valence-corrected chi connectivity index (χ4v) is 2.93. The van der Waals surface area contributed by atoms with Crippen LogP contribution in [0.5, 0.6) is 0 Å². The van der Waals surface area contributed by atoms with Gasteiger partial charge in [0.1, 0.15) is 0 Å². The Morgan fingerprint density at radius 2 is 1.77 bits per heavy atom. The average molecular weight is 354 g/mol. The van der Waals surface area contributed by atoms with Crippen molar-refractivity contribution in [2.24, 2.45) is 0 Å². The van der Waals surface area contributed by atoms with E-state index in [1.54, 1.807) is 41.6 Å². The summed E-state index contributed by atoms with van der Waals surface area (Å²) < 4.78 is 4.76. The summed E-state index contributed by atoms with van der Waals surface area (Å²) >= 11 is 0. The molecule has 26 heavy (non-hydrogen) atoms. The normalized spacial score (nSPS) is 14.7. The van der Waals surface area contributed by atoms with E-state index < -0.39 is 5.97 Å². The molecular formula is C19H22N4O3. The van der Waals surface area contributed by atoms with E-state index in [1.807, 2.05) is 12.1 Å². The Morgan fingerprint density at radius 3 is 2.46 bits per heavy atom. The number of urea groups is 1. The number of para-hydroxylation sites is 1. The highest BCUT2D eigenvalue weighted by Crippen LogP contribution is 2.17. The topological polar surface area (TPSA) is 74.8 Å². The number of rotatable bonds is 4. The molecule has 1 aliphatic heterocycles. The number of nitrogens with zero attached hydrogens (tertiary/aromatic N) is 3. The molecule has 0 unspecified atom stereocenters. The van der Waals surface area contributed by atoms with Crippen LogP contribution in [-0.2, 0) is 11.3 Å². The highest BCUT2D eigenvalue weighted by atomic mass is 16.5. The highest BCUT2D eigenvalue weighted by molar-refractivity contribution is 6.00. The van der Waals surface area contributed by atoms with Gasteiger partial charge in [-0.3, -0.25) is 9.88 Å². The molecule has 2 heterocycles. The first-order valence-electron chi connectivity index (χ1n) is 8.52. The molecule has 136 valence electrons. The van der Waals surface area contributed by atoms with Crippen LogP contribution in [0.3, 0.4) is 0 Å². The average Bonchev–Trinajstić information content (AvgIpc) is 2.69. The summed E-state index contributed by atoms with van der Waals surface area (Å²) in [5.41, 5.74) is 2.02. The Bertz CT molecular complexity index is 758. The third kappa shape index (κ3) is 4.37. The molecule has 0 aliphatic carbocycles. The maximum Gasteiger partial charge on any atom is 0.339 e. The molecule has 7 heteroatoms. The molecule has 1 aliphatic rings. The Kier molecular flexibility index (Phi) is 5.80. The van der Waals surface area contributed by atoms with Gasteiger partial charge >= 0.3 is 12.0 Å². The maximum atomic E-state index is 12.5. The minimum Gasteiger partial charge on any atom is -0.465 e. The van der Waals surface area contributed by atoms with E-state index in [0.29, 0.717) is 24.3 Å². The summed E-state index contributed by atoms with van der Waals surface area (Å²) in [6.07, 6.45) is 3.58. The number of methoxy groups -OCH3 is 1. The number of ether oxygens (including phenoxy) is 1. The van der Waals surface area contributed by atoms with Gasteiger partial charge in [-0.15, -0.1) is 0 Å². The molecule has 1 aromatic carbocycles. The predicted molar refractivity (Wildman–Crippen MR) is 97.9 cm³/mol. The van der Waals surface area contributed by atoms with E-state index >= 15 is 0 Å². The summed E-state index contributed by atoms with van der Waals surface area (Å²) in [4.78, 5) is 32.4. The van der Waals surface area contributed by atoms with Crippen molar-refractivity contribution in [3.8, 4) is 0 Å². The van der Waals surface area contributed by atoms with E-state index in [4.69, 9.17) is 4.74 Å². The lowest BCUT2D eigenvalue weighted by atomic mass is 10.2. The van der Waals surface area contributed by atoms with Crippen LogP contribution >= 0.6 is 0 Å². The zero-order valence-electron chi connectivity index (χ0n) is 14.7. The van der Waals surface area contributed by atoms with Gasteiger partial charge in [0.25, 0.3) is 0 Å². The predicted octanol–water partition coefficient (Wildman–Crippen LogP) is 2.22. The van der Waals surface area contributed by atoms with E-state index in [0.717, 1.165) is 19.6 Å². The minimum atomic E-state index is -0.469. The number of piperazine rings is 1. The van der Waals surface area contributed by atoms with Gasteiger partial charge in [0.15, 0.2) is 0 Å². The number of amides is 2. The smallest absolute Gasteiger partial charge is 0.339 e. The number of aromatic nitrogens is 1. The number of pyridine rings is 1. The minimum absolute atomic E-state index is 0.204. The number of carbonyl (C=O) groups excluding carboxylic acids is 2. The largest absolute Gasteiger partial charge is 0.465 e. The van der Waals surface area contributed by atoms with Gasteiger partial charge in [0, 0.05) is 45.1 Å². The van der Waals surface area contributed by atoms with Gasteiger partial charge < -0.3 is 15.0 Å². The quantitative estimate of drug-likeness (QED) is 0.852. The van der Waals surface area contributed by atoms with Gasteiger partial charge in [0.05, 0.1) is 18.4 Å². The number of benzene rings is 1. The first kappa shape index (κ1) is 17.9. The Hall–Kier alpha value is -2.93. The van der Waals surface area contributed by atoms with Gasteiger partial charge in [-0.1, -0.05) is 12.1 Å². The molecule has 0 radical (unpaired) electrons. The molecule has 0 spiro atoms. The molecule has 0 saturated carbocycles. The van der Waals surface area contributed by atoms with Crippen LogP contribution in [0.2, 0.25) is 0 Å². The summed E-state index contributed by atoms with van der Waals surface area (Å²) in [5, 5.41) is 2.82. The van der Waals surface area contributed by atoms with E-state index in [1.165, 1.54) is 12.7 Å². The number of esters is 1. The Balaban J connectivity index is 1.55. The number of hydrogen-bond donors (Lipinski definition) is 1. The molecule has 7 nitrogen and oxygen atoms in total. The van der Waals surface area contributed by atoms with Crippen molar-refractivity contribution in [1.82, 2.24) is 14.8 Å². The van der Waals surface area contributed by atoms with Crippen LogP contribution in [0.4, 0.5) is 10.5 Å². The van der Waals surface area contributed by atoms with Crippen LogP contribution < -0.4 is 5.32 Å². The summed E-state index contributed by atoms with van der Waals surface area (Å²) in [6.45, 7) is 3.72. The molecule has 0 atom stereocenters. The molecular weight excluding hydrogens is 332 g/mol. The maximum absolute atomic E-state index is 12.5. The lowest BCUT2D eigenvalue weighted by molar-refractivity contribution is 0.0602. The van der Waals surface area contributed by atoms with Crippen molar-refractivity contribution in [2.75, 3.05) is 38.6 Å². The van der Waals surface area contributed by atoms with Crippen molar-refractivity contribution in [3.63, 3.8) is 0 Å². The molecule has 1 fully saturated rings. The number of anilines is 1. The van der Waals surface area contributed by atoms with Gasteiger partial charge in [0.2, 0.25) is 0 Å². The molecule has 2 aromatic rings. The number of hydrogen-bond acceptors (Lipinski definition) is 5. The molecule has 0 bridgehead atoms.